The van der Waals surface area contributed by atoms with E-state index in [0.717, 1.165) is 17.7 Å². The van der Waals surface area contributed by atoms with Gasteiger partial charge in [0.25, 0.3) is 0 Å². The van der Waals surface area contributed by atoms with Gasteiger partial charge in [0.1, 0.15) is 5.82 Å². The molecule has 106 valence electrons. The maximum Gasteiger partial charge on any atom is 0.129 e. The van der Waals surface area contributed by atoms with Gasteiger partial charge in [-0.1, -0.05) is 11.6 Å². The third-order valence-corrected chi connectivity index (χ3v) is 6.68. The molecule has 0 saturated heterocycles. The van der Waals surface area contributed by atoms with Crippen molar-refractivity contribution in [3.05, 3.63) is 54.4 Å². The van der Waals surface area contributed by atoms with Gasteiger partial charge < -0.3 is 0 Å². The fraction of sp³-hybridized carbons (Fsp3) is 0.333. The number of halogens is 4. The van der Waals surface area contributed by atoms with Crippen LogP contribution < -0.4 is 0 Å². The molecule has 1 heterocycles. The Morgan fingerprint density at radius 3 is 2.70 bits per heavy atom. The van der Waals surface area contributed by atoms with E-state index in [-0.39, 0.29) is 5.82 Å². The lowest BCUT2D eigenvalue weighted by molar-refractivity contribution is 0.612. The molecule has 1 aliphatic carbocycles. The summed E-state index contributed by atoms with van der Waals surface area (Å²) in [6.07, 6.45) is 4.69. The molecule has 1 atom stereocenters. The standard InChI is InChI=1S/C15H12BrCl2FS/c16-10-7-12(19)9(6-11(10)17)15(18)14-5-8-3-1-2-4-13(8)20-14/h5-7,15H,1-4H2. The lowest BCUT2D eigenvalue weighted by Crippen LogP contribution is -1.97. The Balaban J connectivity index is 1.98. The van der Waals surface area contributed by atoms with Crippen LogP contribution in [0.5, 0.6) is 0 Å². The van der Waals surface area contributed by atoms with Gasteiger partial charge in [-0.25, -0.2) is 4.39 Å². The first-order valence-electron chi connectivity index (χ1n) is 6.46. The van der Waals surface area contributed by atoms with E-state index in [2.05, 4.69) is 22.0 Å². The molecule has 0 amide bonds. The van der Waals surface area contributed by atoms with Gasteiger partial charge in [0, 0.05) is 19.8 Å². The third kappa shape index (κ3) is 2.78. The van der Waals surface area contributed by atoms with Crippen molar-refractivity contribution in [2.75, 3.05) is 0 Å². The molecule has 0 radical (unpaired) electrons. The minimum atomic E-state index is -0.476. The van der Waals surface area contributed by atoms with Crippen LogP contribution in [0.25, 0.3) is 0 Å². The first kappa shape index (κ1) is 14.8. The van der Waals surface area contributed by atoms with Crippen molar-refractivity contribution >= 4 is 50.5 Å². The zero-order chi connectivity index (χ0) is 14.3. The number of alkyl halides is 1. The largest absolute Gasteiger partial charge is 0.207 e. The number of thiophene rings is 1. The number of rotatable bonds is 2. The summed E-state index contributed by atoms with van der Waals surface area (Å²) < 4.78 is 14.6. The van der Waals surface area contributed by atoms with E-state index in [1.54, 1.807) is 17.4 Å². The monoisotopic (exact) mass is 392 g/mol. The van der Waals surface area contributed by atoms with Crippen LogP contribution in [0.3, 0.4) is 0 Å². The first-order chi connectivity index (χ1) is 9.56. The van der Waals surface area contributed by atoms with Gasteiger partial charge in [-0.2, -0.15) is 0 Å². The maximum atomic E-state index is 14.1. The van der Waals surface area contributed by atoms with Gasteiger partial charge in [-0.05, 0) is 65.4 Å². The van der Waals surface area contributed by atoms with Crippen LogP contribution in [0.4, 0.5) is 4.39 Å². The Morgan fingerprint density at radius 1 is 1.20 bits per heavy atom. The number of aryl methyl sites for hydroxylation is 2. The first-order valence-corrected chi connectivity index (χ1v) is 8.88. The average Bonchev–Trinajstić information content (AvgIpc) is 2.86. The molecule has 0 fully saturated rings. The van der Waals surface area contributed by atoms with Gasteiger partial charge >= 0.3 is 0 Å². The molecule has 0 spiro atoms. The van der Waals surface area contributed by atoms with Crippen LogP contribution >= 0.6 is 50.5 Å². The van der Waals surface area contributed by atoms with Crippen LogP contribution in [0.1, 0.15) is 39.1 Å². The van der Waals surface area contributed by atoms with Crippen molar-refractivity contribution in [1.82, 2.24) is 0 Å². The summed E-state index contributed by atoms with van der Waals surface area (Å²) in [6.45, 7) is 0. The Morgan fingerprint density at radius 2 is 1.95 bits per heavy atom. The van der Waals surface area contributed by atoms with Crippen LogP contribution in [-0.2, 0) is 12.8 Å². The predicted molar refractivity (Wildman–Crippen MR) is 87.8 cm³/mol. The summed E-state index contributed by atoms with van der Waals surface area (Å²) in [6, 6.07) is 5.12. The molecule has 2 aromatic rings. The van der Waals surface area contributed by atoms with Gasteiger partial charge in [0.05, 0.1) is 10.4 Å². The quantitative estimate of drug-likeness (QED) is 0.403. The smallest absolute Gasteiger partial charge is 0.129 e. The third-order valence-electron chi connectivity index (χ3n) is 3.58. The van der Waals surface area contributed by atoms with Gasteiger partial charge in [-0.15, -0.1) is 22.9 Å². The van der Waals surface area contributed by atoms with Gasteiger partial charge in [0.2, 0.25) is 0 Å². The van der Waals surface area contributed by atoms with E-state index < -0.39 is 5.38 Å². The Hall–Kier alpha value is -0.0900. The predicted octanol–water partition coefficient (Wildman–Crippen LogP) is 6.51. The zero-order valence-corrected chi connectivity index (χ0v) is 14.5. The van der Waals surface area contributed by atoms with E-state index in [9.17, 15) is 4.39 Å². The van der Waals surface area contributed by atoms with E-state index in [1.165, 1.54) is 29.3 Å². The molecule has 0 aliphatic heterocycles. The second-order valence-electron chi connectivity index (χ2n) is 4.95. The molecule has 0 nitrogen and oxygen atoms in total. The molecule has 20 heavy (non-hydrogen) atoms. The van der Waals surface area contributed by atoms with E-state index >= 15 is 0 Å². The molecule has 0 bridgehead atoms. The van der Waals surface area contributed by atoms with Crippen molar-refractivity contribution in [3.8, 4) is 0 Å². The summed E-state index contributed by atoms with van der Waals surface area (Å²) in [5.74, 6) is -0.326. The summed E-state index contributed by atoms with van der Waals surface area (Å²) in [7, 11) is 0. The van der Waals surface area contributed by atoms with Gasteiger partial charge in [-0.3, -0.25) is 0 Å². The normalized spacial score (nSPS) is 16.0. The van der Waals surface area contributed by atoms with Gasteiger partial charge in [0.15, 0.2) is 0 Å². The summed E-state index contributed by atoms with van der Waals surface area (Å²) >= 11 is 17.5. The van der Waals surface area contributed by atoms with Crippen molar-refractivity contribution in [1.29, 1.82) is 0 Å². The molecule has 1 unspecified atom stereocenters. The molecule has 0 saturated carbocycles. The molecule has 1 aromatic carbocycles. The lowest BCUT2D eigenvalue weighted by Gasteiger charge is -2.10. The number of hydrogen-bond acceptors (Lipinski definition) is 1. The highest BCUT2D eigenvalue weighted by molar-refractivity contribution is 9.10. The average molecular weight is 394 g/mol. The zero-order valence-electron chi connectivity index (χ0n) is 10.6. The Kier molecular flexibility index (Phi) is 4.42. The highest BCUT2D eigenvalue weighted by Crippen LogP contribution is 2.40. The maximum absolute atomic E-state index is 14.1. The fourth-order valence-corrected chi connectivity index (χ4v) is 4.63. The Bertz CT molecular complexity index is 630. The second-order valence-corrected chi connectivity index (χ2v) is 7.82. The second kappa shape index (κ2) is 5.96. The van der Waals surface area contributed by atoms with E-state index in [1.807, 2.05) is 0 Å². The van der Waals surface area contributed by atoms with Crippen LogP contribution in [-0.4, -0.2) is 0 Å². The lowest BCUT2D eigenvalue weighted by atomic mass is 9.98. The fourth-order valence-electron chi connectivity index (χ4n) is 2.52. The minimum Gasteiger partial charge on any atom is -0.207 e. The number of hydrogen-bond donors (Lipinski definition) is 0. The van der Waals surface area contributed by atoms with E-state index in [0.29, 0.717) is 15.1 Å². The SMILES string of the molecule is Fc1cc(Br)c(Cl)cc1C(Cl)c1cc2c(s1)CCCC2. The van der Waals surface area contributed by atoms with Crippen molar-refractivity contribution in [3.63, 3.8) is 0 Å². The molecule has 5 heteroatoms. The van der Waals surface area contributed by atoms with Crippen molar-refractivity contribution in [2.45, 2.75) is 31.1 Å². The number of fused-ring (bicyclic) bond motifs is 1. The summed E-state index contributed by atoms with van der Waals surface area (Å²) in [4.78, 5) is 2.41. The minimum absolute atomic E-state index is 0.326. The summed E-state index contributed by atoms with van der Waals surface area (Å²) in [5, 5.41) is 0.00423. The topological polar surface area (TPSA) is 0 Å². The van der Waals surface area contributed by atoms with Crippen LogP contribution in [0.2, 0.25) is 5.02 Å². The van der Waals surface area contributed by atoms with Crippen molar-refractivity contribution in [2.24, 2.45) is 0 Å². The van der Waals surface area contributed by atoms with Crippen molar-refractivity contribution < 1.29 is 4.39 Å². The highest BCUT2D eigenvalue weighted by atomic mass is 79.9. The molecular weight excluding hydrogens is 382 g/mol. The molecule has 1 aromatic heterocycles. The molecular formula is C15H12BrCl2FS. The highest BCUT2D eigenvalue weighted by Gasteiger charge is 2.22. The Labute approximate surface area is 140 Å². The summed E-state index contributed by atoms with van der Waals surface area (Å²) in [5.41, 5.74) is 1.82. The number of benzene rings is 1. The van der Waals surface area contributed by atoms with Crippen LogP contribution in [0, 0.1) is 5.82 Å². The van der Waals surface area contributed by atoms with E-state index in [4.69, 9.17) is 23.2 Å². The molecule has 3 rings (SSSR count). The molecule has 0 N–H and O–H groups in total. The van der Waals surface area contributed by atoms with Crippen LogP contribution in [0.15, 0.2) is 22.7 Å². The molecule has 1 aliphatic rings.